The number of rotatable bonds is 0. The third-order valence-corrected chi connectivity index (χ3v) is 0. The lowest BCUT2D eigenvalue weighted by Gasteiger charge is -1.69. The highest BCUT2D eigenvalue weighted by Gasteiger charge is 1.81. The molecule has 0 spiro atoms. The summed E-state index contributed by atoms with van der Waals surface area (Å²) in [6.45, 7) is 5.25. The van der Waals surface area contributed by atoms with Crippen LogP contribution in [0, 0.1) is 0 Å². The smallest absolute Gasteiger partial charge is 0.261 e. The molecule has 50 valence electrons. The second-order valence-electron chi connectivity index (χ2n) is 1.14. The second-order valence-corrected chi connectivity index (χ2v) is 2.61. The molecule has 0 aromatic carbocycles. The number of hydrogen-bond acceptors (Lipinski definition) is 2. The fourth-order valence-electron chi connectivity index (χ4n) is 0. The van der Waals surface area contributed by atoms with Gasteiger partial charge in [0.2, 0.25) is 0 Å². The van der Waals surface area contributed by atoms with E-state index < -0.39 is 10.1 Å². The topological polar surface area (TPSA) is 54.4 Å². The quantitative estimate of drug-likeness (QED) is 0.396. The highest BCUT2D eigenvalue weighted by atomic mass is 32.2. The van der Waals surface area contributed by atoms with Crippen LogP contribution in [0.25, 0.3) is 0 Å². The molecule has 0 amide bonds. The Bertz CT molecular complexity index is 125. The summed E-state index contributed by atoms with van der Waals surface area (Å²) < 4.78 is 25.9. The molecule has 0 aliphatic rings. The van der Waals surface area contributed by atoms with Crippen LogP contribution in [0.5, 0.6) is 0 Å². The van der Waals surface area contributed by atoms with Gasteiger partial charge in [0.1, 0.15) is 0 Å². The normalized spacial score (nSPS) is 8.88. The van der Waals surface area contributed by atoms with Crippen molar-refractivity contribution in [2.24, 2.45) is 0 Å². The Morgan fingerprint density at radius 3 is 1.62 bits per heavy atom. The lowest BCUT2D eigenvalue weighted by Crippen LogP contribution is -1.88. The Morgan fingerprint density at radius 1 is 1.62 bits per heavy atom. The second kappa shape index (κ2) is 4.80. The molecule has 0 heterocycles. The molecule has 0 unspecified atom stereocenters. The van der Waals surface area contributed by atoms with Gasteiger partial charge in [-0.25, -0.2) is 0 Å². The fraction of sp³-hybridized carbons (Fsp3) is 0.500. The molecule has 0 aliphatic heterocycles. The van der Waals surface area contributed by atoms with Crippen LogP contribution < -0.4 is 0 Å². The first-order chi connectivity index (χ1) is 3.41. The van der Waals surface area contributed by atoms with Crippen molar-refractivity contribution in [1.29, 1.82) is 0 Å². The van der Waals surface area contributed by atoms with Crippen LogP contribution in [0.1, 0.15) is 6.92 Å². The van der Waals surface area contributed by atoms with E-state index in [0.717, 1.165) is 0 Å². The predicted molar refractivity (Wildman–Crippen MR) is 33.3 cm³/mol. The lowest BCUT2D eigenvalue weighted by atomic mass is 10.8. The summed E-state index contributed by atoms with van der Waals surface area (Å²) in [4.78, 5) is 0. The van der Waals surface area contributed by atoms with Crippen molar-refractivity contribution < 1.29 is 13.0 Å². The van der Waals surface area contributed by atoms with Gasteiger partial charge in [0.05, 0.1) is 6.26 Å². The maximum Gasteiger partial charge on any atom is 0.261 e. The Labute approximate surface area is 49.8 Å². The third-order valence-electron chi connectivity index (χ3n) is 0. The molecule has 0 atom stereocenters. The number of allylic oxidation sites excluding steroid dienone is 1. The summed E-state index contributed by atoms with van der Waals surface area (Å²) in [6.07, 6.45) is 2.47. The summed E-state index contributed by atoms with van der Waals surface area (Å²) in [5, 5.41) is 0. The van der Waals surface area contributed by atoms with Gasteiger partial charge in [0.25, 0.3) is 10.1 Å². The van der Waals surface area contributed by atoms with E-state index in [9.17, 15) is 8.42 Å². The lowest BCUT2D eigenvalue weighted by molar-refractivity contribution is 0.490. The van der Waals surface area contributed by atoms with Gasteiger partial charge in [-0.05, 0) is 6.92 Å². The first-order valence-corrected chi connectivity index (χ1v) is 3.76. The first-order valence-electron chi connectivity index (χ1n) is 1.91. The van der Waals surface area contributed by atoms with Crippen LogP contribution in [0.3, 0.4) is 0 Å². The molecule has 0 radical (unpaired) electrons. The van der Waals surface area contributed by atoms with E-state index in [1.807, 2.05) is 6.92 Å². The molecule has 0 saturated carbocycles. The molecular weight excluding hydrogens is 128 g/mol. The van der Waals surface area contributed by atoms with E-state index in [-0.39, 0.29) is 0 Å². The Morgan fingerprint density at radius 2 is 1.62 bits per heavy atom. The summed E-state index contributed by atoms with van der Waals surface area (Å²) in [7, 11) is -3.67. The van der Waals surface area contributed by atoms with E-state index >= 15 is 0 Å². The highest BCUT2D eigenvalue weighted by Crippen LogP contribution is 1.60. The van der Waals surface area contributed by atoms with Crippen LogP contribution in [0.4, 0.5) is 0 Å². The Balaban J connectivity index is 0. The molecule has 1 N–H and O–H groups in total. The van der Waals surface area contributed by atoms with Gasteiger partial charge < -0.3 is 0 Å². The minimum atomic E-state index is -3.67. The molecule has 3 nitrogen and oxygen atoms in total. The average molecular weight is 138 g/mol. The van der Waals surface area contributed by atoms with Crippen molar-refractivity contribution in [2.45, 2.75) is 6.92 Å². The third kappa shape index (κ3) is 997. The van der Waals surface area contributed by atoms with Gasteiger partial charge in [-0.1, -0.05) is 6.08 Å². The van der Waals surface area contributed by atoms with Crippen LogP contribution in [0.15, 0.2) is 12.7 Å². The zero-order valence-corrected chi connectivity index (χ0v) is 5.77. The molecule has 0 saturated heterocycles. The molecule has 4 heteroatoms. The Hall–Kier alpha value is -0.350. The molecular formula is C4H10O3S. The van der Waals surface area contributed by atoms with Crippen molar-refractivity contribution in [3.8, 4) is 0 Å². The maximum absolute atomic E-state index is 9.19. The van der Waals surface area contributed by atoms with Gasteiger partial charge in [0, 0.05) is 0 Å². The molecule has 0 rings (SSSR count). The van der Waals surface area contributed by atoms with Crippen molar-refractivity contribution in [2.75, 3.05) is 6.26 Å². The standard InChI is InChI=1S/C3H6.CH4O3S/c1-3-2;1-5(2,3)4/h3H,1H2,2H3;1H3,(H,2,3,4). The zero-order chi connectivity index (χ0) is 7.21. The van der Waals surface area contributed by atoms with Crippen molar-refractivity contribution in [3.63, 3.8) is 0 Å². The van der Waals surface area contributed by atoms with Crippen LogP contribution in [0.2, 0.25) is 0 Å². The van der Waals surface area contributed by atoms with E-state index in [1.165, 1.54) is 0 Å². The van der Waals surface area contributed by atoms with Gasteiger partial charge in [-0.3, -0.25) is 4.55 Å². The summed E-state index contributed by atoms with van der Waals surface area (Å²) in [6, 6.07) is 0. The monoisotopic (exact) mass is 138 g/mol. The maximum atomic E-state index is 9.19. The van der Waals surface area contributed by atoms with Crippen LogP contribution in [-0.2, 0) is 10.1 Å². The first kappa shape index (κ1) is 10.6. The van der Waals surface area contributed by atoms with E-state index in [1.54, 1.807) is 6.08 Å². The van der Waals surface area contributed by atoms with E-state index in [0.29, 0.717) is 6.26 Å². The molecule has 8 heavy (non-hydrogen) atoms. The van der Waals surface area contributed by atoms with Crippen LogP contribution >= 0.6 is 0 Å². The van der Waals surface area contributed by atoms with E-state index in [4.69, 9.17) is 4.55 Å². The average Bonchev–Trinajstić information content (AvgIpc) is 1.27. The van der Waals surface area contributed by atoms with Gasteiger partial charge in [-0.2, -0.15) is 8.42 Å². The molecule has 0 fully saturated rings. The summed E-state index contributed by atoms with van der Waals surface area (Å²) in [5.41, 5.74) is 0. The van der Waals surface area contributed by atoms with Gasteiger partial charge in [-0.15, -0.1) is 6.58 Å². The van der Waals surface area contributed by atoms with E-state index in [2.05, 4.69) is 6.58 Å². The Kier molecular flexibility index (Phi) is 6.36. The molecule has 0 bridgehead atoms. The molecule has 0 aliphatic carbocycles. The number of hydrogen-bond donors (Lipinski definition) is 1. The molecule has 0 aromatic rings. The summed E-state index contributed by atoms with van der Waals surface area (Å²) in [5.74, 6) is 0. The van der Waals surface area contributed by atoms with Gasteiger partial charge in [0.15, 0.2) is 0 Å². The predicted octanol–water partition coefficient (Wildman–Crippen LogP) is 0.696. The minimum Gasteiger partial charge on any atom is -0.286 e. The minimum absolute atomic E-state index is 0.715. The van der Waals surface area contributed by atoms with Crippen molar-refractivity contribution in [3.05, 3.63) is 12.7 Å². The highest BCUT2D eigenvalue weighted by molar-refractivity contribution is 7.85. The largest absolute Gasteiger partial charge is 0.286 e. The van der Waals surface area contributed by atoms with Crippen molar-refractivity contribution in [1.82, 2.24) is 0 Å². The van der Waals surface area contributed by atoms with Crippen molar-refractivity contribution >= 4 is 10.1 Å². The zero-order valence-electron chi connectivity index (χ0n) is 4.96. The van der Waals surface area contributed by atoms with Crippen LogP contribution in [-0.4, -0.2) is 19.2 Å². The SMILES string of the molecule is C=CC.CS(=O)(=O)O. The fourth-order valence-corrected chi connectivity index (χ4v) is 0. The van der Waals surface area contributed by atoms with Gasteiger partial charge >= 0.3 is 0 Å². The summed E-state index contributed by atoms with van der Waals surface area (Å²) >= 11 is 0. The molecule has 0 aromatic heterocycles.